The molecule has 0 aromatic heterocycles. The van der Waals surface area contributed by atoms with E-state index < -0.39 is 5.82 Å². The molecule has 0 amide bonds. The number of hydrogen-bond acceptors (Lipinski definition) is 2. The normalized spacial score (nSPS) is 14.2. The average Bonchev–Trinajstić information content (AvgIpc) is 3.27. The van der Waals surface area contributed by atoms with Crippen molar-refractivity contribution in [2.45, 2.75) is 25.4 Å². The van der Waals surface area contributed by atoms with Gasteiger partial charge in [-0.15, -0.1) is 0 Å². The van der Waals surface area contributed by atoms with E-state index >= 15 is 0 Å². The van der Waals surface area contributed by atoms with Gasteiger partial charge in [0.25, 0.3) is 0 Å². The van der Waals surface area contributed by atoms with E-state index in [-0.39, 0.29) is 5.02 Å². The van der Waals surface area contributed by atoms with Gasteiger partial charge in [-0.1, -0.05) is 29.3 Å². The Bertz CT molecular complexity index is 659. The fourth-order valence-corrected chi connectivity index (χ4v) is 2.31. The van der Waals surface area contributed by atoms with Gasteiger partial charge in [-0.3, -0.25) is 0 Å². The second-order valence-corrected chi connectivity index (χ2v) is 5.91. The Balaban J connectivity index is 1.70. The first-order chi connectivity index (χ1) is 10.1. The first kappa shape index (κ1) is 14.6. The lowest BCUT2D eigenvalue weighted by atomic mass is 10.2. The van der Waals surface area contributed by atoms with Crippen molar-refractivity contribution in [3.8, 4) is 11.5 Å². The minimum absolute atomic E-state index is 0.0648. The van der Waals surface area contributed by atoms with Crippen molar-refractivity contribution in [1.29, 1.82) is 0 Å². The van der Waals surface area contributed by atoms with E-state index in [1.165, 1.54) is 25.0 Å². The zero-order valence-electron chi connectivity index (χ0n) is 11.2. The molecule has 0 unspecified atom stereocenters. The first-order valence-corrected chi connectivity index (χ1v) is 7.52. The topological polar surface area (TPSA) is 21.3 Å². The highest BCUT2D eigenvalue weighted by molar-refractivity contribution is 6.32. The quantitative estimate of drug-likeness (QED) is 0.818. The second kappa shape index (κ2) is 6.22. The Labute approximate surface area is 132 Å². The lowest BCUT2D eigenvalue weighted by molar-refractivity contribution is 0.476. The van der Waals surface area contributed by atoms with Crippen LogP contribution >= 0.6 is 23.2 Å². The van der Waals surface area contributed by atoms with Gasteiger partial charge in [0, 0.05) is 18.7 Å². The first-order valence-electron chi connectivity index (χ1n) is 6.76. The standard InChI is InChI=1S/C16H14Cl2FNO/c17-13-5-4-12(8-15(13)19)21-16-6-1-10(7-14(16)18)9-20-11-2-3-11/h1,4-8,11,20H,2-3,9H2. The van der Waals surface area contributed by atoms with Crippen molar-refractivity contribution < 1.29 is 9.13 Å². The van der Waals surface area contributed by atoms with Crippen LogP contribution in [-0.4, -0.2) is 6.04 Å². The molecule has 1 saturated carbocycles. The number of hydrogen-bond donors (Lipinski definition) is 1. The molecule has 110 valence electrons. The van der Waals surface area contributed by atoms with E-state index in [1.807, 2.05) is 12.1 Å². The molecular formula is C16H14Cl2FNO. The summed E-state index contributed by atoms with van der Waals surface area (Å²) in [5.41, 5.74) is 1.10. The number of nitrogens with one attached hydrogen (secondary N) is 1. The van der Waals surface area contributed by atoms with Gasteiger partial charge in [-0.2, -0.15) is 0 Å². The van der Waals surface area contributed by atoms with Crippen LogP contribution in [0.5, 0.6) is 11.5 Å². The van der Waals surface area contributed by atoms with Crippen molar-refractivity contribution in [3.63, 3.8) is 0 Å². The molecule has 0 spiro atoms. The predicted molar refractivity (Wildman–Crippen MR) is 82.8 cm³/mol. The number of ether oxygens (including phenoxy) is 1. The van der Waals surface area contributed by atoms with Gasteiger partial charge in [0.2, 0.25) is 0 Å². The molecule has 1 fully saturated rings. The summed E-state index contributed by atoms with van der Waals surface area (Å²) in [6, 6.07) is 10.5. The van der Waals surface area contributed by atoms with Crippen molar-refractivity contribution in [2.75, 3.05) is 0 Å². The molecule has 3 rings (SSSR count). The van der Waals surface area contributed by atoms with Crippen LogP contribution in [0.25, 0.3) is 0 Å². The predicted octanol–water partition coefficient (Wildman–Crippen LogP) is 5.18. The maximum atomic E-state index is 13.4. The number of rotatable bonds is 5. The third-order valence-corrected chi connectivity index (χ3v) is 3.89. The highest BCUT2D eigenvalue weighted by Gasteiger charge is 2.20. The van der Waals surface area contributed by atoms with E-state index in [0.29, 0.717) is 22.6 Å². The Morgan fingerprint density at radius 1 is 1.10 bits per heavy atom. The fraction of sp³-hybridized carbons (Fsp3) is 0.250. The molecule has 0 saturated heterocycles. The summed E-state index contributed by atoms with van der Waals surface area (Å²) in [4.78, 5) is 0. The SMILES string of the molecule is Fc1cc(Oc2ccc(CNC3CC3)cc2Cl)ccc1Cl. The van der Waals surface area contributed by atoms with Crippen molar-refractivity contribution >= 4 is 23.2 Å². The zero-order valence-corrected chi connectivity index (χ0v) is 12.7. The zero-order chi connectivity index (χ0) is 14.8. The molecule has 0 aliphatic heterocycles. The summed E-state index contributed by atoms with van der Waals surface area (Å²) in [7, 11) is 0. The minimum Gasteiger partial charge on any atom is -0.456 e. The van der Waals surface area contributed by atoms with Gasteiger partial charge in [-0.05, 0) is 42.7 Å². The summed E-state index contributed by atoms with van der Waals surface area (Å²) in [6.07, 6.45) is 2.49. The summed E-state index contributed by atoms with van der Waals surface area (Å²) >= 11 is 11.8. The Kier molecular flexibility index (Phi) is 4.34. The lowest BCUT2D eigenvalue weighted by Crippen LogP contribution is -2.15. The fourth-order valence-electron chi connectivity index (χ4n) is 1.95. The maximum Gasteiger partial charge on any atom is 0.146 e. The molecule has 2 aromatic rings. The third kappa shape index (κ3) is 3.88. The molecule has 0 atom stereocenters. The summed E-state index contributed by atoms with van der Waals surface area (Å²) in [5.74, 6) is 0.340. The van der Waals surface area contributed by atoms with Crippen LogP contribution in [0, 0.1) is 5.82 Å². The molecule has 1 aliphatic rings. The molecule has 5 heteroatoms. The molecule has 0 bridgehead atoms. The van der Waals surface area contributed by atoms with E-state index in [1.54, 1.807) is 12.1 Å². The van der Waals surface area contributed by atoms with E-state index in [4.69, 9.17) is 27.9 Å². The van der Waals surface area contributed by atoms with Crippen molar-refractivity contribution in [1.82, 2.24) is 5.32 Å². The number of halogens is 3. The monoisotopic (exact) mass is 325 g/mol. The second-order valence-electron chi connectivity index (χ2n) is 5.10. The molecule has 2 nitrogen and oxygen atoms in total. The van der Waals surface area contributed by atoms with E-state index in [0.717, 1.165) is 12.1 Å². The van der Waals surface area contributed by atoms with Crippen LogP contribution in [0.1, 0.15) is 18.4 Å². The number of benzene rings is 2. The van der Waals surface area contributed by atoms with Crippen LogP contribution in [0.2, 0.25) is 10.0 Å². The van der Waals surface area contributed by atoms with Crippen molar-refractivity contribution in [3.05, 3.63) is 57.8 Å². The van der Waals surface area contributed by atoms with Crippen LogP contribution in [-0.2, 0) is 6.54 Å². The highest BCUT2D eigenvalue weighted by atomic mass is 35.5. The highest BCUT2D eigenvalue weighted by Crippen LogP contribution is 2.31. The van der Waals surface area contributed by atoms with Crippen molar-refractivity contribution in [2.24, 2.45) is 0 Å². The van der Waals surface area contributed by atoms with Crippen LogP contribution < -0.4 is 10.1 Å². The molecule has 0 heterocycles. The minimum atomic E-state index is -0.518. The Hall–Kier alpha value is -1.29. The summed E-state index contributed by atoms with van der Waals surface area (Å²) in [6.45, 7) is 0.792. The van der Waals surface area contributed by atoms with Gasteiger partial charge in [0.1, 0.15) is 17.3 Å². The third-order valence-electron chi connectivity index (χ3n) is 3.29. The Morgan fingerprint density at radius 3 is 2.57 bits per heavy atom. The van der Waals surface area contributed by atoms with Crippen LogP contribution in [0.3, 0.4) is 0 Å². The van der Waals surface area contributed by atoms with Gasteiger partial charge < -0.3 is 10.1 Å². The van der Waals surface area contributed by atoms with Gasteiger partial charge in [0.15, 0.2) is 0 Å². The lowest BCUT2D eigenvalue weighted by Gasteiger charge is -2.10. The van der Waals surface area contributed by atoms with Crippen LogP contribution in [0.4, 0.5) is 4.39 Å². The Morgan fingerprint density at radius 2 is 1.90 bits per heavy atom. The molecule has 1 aliphatic carbocycles. The van der Waals surface area contributed by atoms with Gasteiger partial charge in [0.05, 0.1) is 10.0 Å². The maximum absolute atomic E-state index is 13.4. The molecule has 2 aromatic carbocycles. The largest absolute Gasteiger partial charge is 0.456 e. The molecule has 21 heavy (non-hydrogen) atoms. The van der Waals surface area contributed by atoms with Gasteiger partial charge >= 0.3 is 0 Å². The summed E-state index contributed by atoms with van der Waals surface area (Å²) in [5, 5.41) is 3.98. The molecule has 1 N–H and O–H groups in total. The molecule has 0 radical (unpaired) electrons. The van der Waals surface area contributed by atoms with E-state index in [9.17, 15) is 4.39 Å². The van der Waals surface area contributed by atoms with E-state index in [2.05, 4.69) is 5.32 Å². The summed E-state index contributed by atoms with van der Waals surface area (Å²) < 4.78 is 19.0. The van der Waals surface area contributed by atoms with Gasteiger partial charge in [-0.25, -0.2) is 4.39 Å². The molecular weight excluding hydrogens is 312 g/mol. The van der Waals surface area contributed by atoms with Crippen LogP contribution in [0.15, 0.2) is 36.4 Å². The smallest absolute Gasteiger partial charge is 0.146 e. The average molecular weight is 326 g/mol.